The highest BCUT2D eigenvalue weighted by atomic mass is 32.1. The van der Waals surface area contributed by atoms with Crippen molar-refractivity contribution in [2.45, 2.75) is 44.7 Å². The highest BCUT2D eigenvalue weighted by Crippen LogP contribution is 2.38. The van der Waals surface area contributed by atoms with Crippen LogP contribution in [-0.2, 0) is 16.1 Å². The van der Waals surface area contributed by atoms with E-state index in [4.69, 9.17) is 0 Å². The standard InChI is InChI=1S/C22H28N6O4S/c1-15-4-2-3-5-22(15)19(31)28(20(32)24-22)14-18(30)26-8-6-25(7-9-26)13-16-12-17(29)27-10-11-33-21(27)23-16/h10-12,15H,2-9,13-14H2,1H3,(H,24,32)/t15-,22-/m1/s1. The van der Waals surface area contributed by atoms with Crippen LogP contribution in [0.5, 0.6) is 0 Å². The average Bonchev–Trinajstić information content (AvgIpc) is 3.36. The monoisotopic (exact) mass is 472 g/mol. The van der Waals surface area contributed by atoms with Crippen LogP contribution in [0.15, 0.2) is 22.4 Å². The average molecular weight is 473 g/mol. The number of hydrogen-bond acceptors (Lipinski definition) is 7. The van der Waals surface area contributed by atoms with Gasteiger partial charge >= 0.3 is 6.03 Å². The second-order valence-corrected chi connectivity index (χ2v) is 10.1. The Morgan fingerprint density at radius 2 is 2.00 bits per heavy atom. The number of nitrogens with zero attached hydrogens (tertiary/aromatic N) is 5. The van der Waals surface area contributed by atoms with Crippen molar-refractivity contribution in [3.05, 3.63) is 33.7 Å². The molecule has 5 rings (SSSR count). The number of piperazine rings is 1. The van der Waals surface area contributed by atoms with Crippen molar-refractivity contribution in [1.82, 2.24) is 29.4 Å². The minimum Gasteiger partial charge on any atom is -0.339 e. The van der Waals surface area contributed by atoms with Gasteiger partial charge in [-0.3, -0.25) is 28.6 Å². The first-order valence-corrected chi connectivity index (χ1v) is 12.4. The van der Waals surface area contributed by atoms with E-state index in [-0.39, 0.29) is 29.8 Å². The number of carbonyl (C=O) groups is 3. The van der Waals surface area contributed by atoms with Crippen molar-refractivity contribution in [3.63, 3.8) is 0 Å². The first-order chi connectivity index (χ1) is 15.9. The molecule has 4 amide bonds. The summed E-state index contributed by atoms with van der Waals surface area (Å²) in [5, 5.41) is 4.74. The van der Waals surface area contributed by atoms with E-state index in [1.807, 2.05) is 12.3 Å². The molecule has 4 heterocycles. The number of carbonyl (C=O) groups excluding carboxylic acids is 3. The third-order valence-corrected chi connectivity index (χ3v) is 8.02. The third-order valence-electron chi connectivity index (χ3n) is 7.26. The van der Waals surface area contributed by atoms with Crippen LogP contribution in [0.1, 0.15) is 38.3 Å². The van der Waals surface area contributed by atoms with Gasteiger partial charge in [0.05, 0.1) is 5.69 Å². The molecule has 1 spiro atoms. The Kier molecular flexibility index (Phi) is 5.69. The fraction of sp³-hybridized carbons (Fsp3) is 0.591. The van der Waals surface area contributed by atoms with E-state index < -0.39 is 11.6 Å². The molecule has 2 aromatic heterocycles. The van der Waals surface area contributed by atoms with Crippen molar-refractivity contribution in [2.75, 3.05) is 32.7 Å². The number of fused-ring (bicyclic) bond motifs is 1. The lowest BCUT2D eigenvalue weighted by Crippen LogP contribution is -2.54. The zero-order valence-electron chi connectivity index (χ0n) is 18.7. The number of hydrogen-bond donors (Lipinski definition) is 1. The lowest BCUT2D eigenvalue weighted by Gasteiger charge is -2.37. The number of nitrogens with one attached hydrogen (secondary N) is 1. The van der Waals surface area contributed by atoms with Crippen molar-refractivity contribution >= 4 is 34.1 Å². The van der Waals surface area contributed by atoms with E-state index in [0.717, 1.165) is 24.2 Å². The van der Waals surface area contributed by atoms with Crippen LogP contribution in [0.4, 0.5) is 4.79 Å². The quantitative estimate of drug-likeness (QED) is 0.663. The predicted octanol–water partition coefficient (Wildman–Crippen LogP) is 0.901. The summed E-state index contributed by atoms with van der Waals surface area (Å²) in [4.78, 5) is 60.9. The number of amides is 4. The van der Waals surface area contributed by atoms with Gasteiger partial charge in [-0.25, -0.2) is 9.78 Å². The fourth-order valence-electron chi connectivity index (χ4n) is 5.23. The summed E-state index contributed by atoms with van der Waals surface area (Å²) in [6.07, 6.45) is 5.21. The topological polar surface area (TPSA) is 107 Å². The molecule has 1 saturated carbocycles. The van der Waals surface area contributed by atoms with Crippen molar-refractivity contribution in [2.24, 2.45) is 5.92 Å². The van der Waals surface area contributed by atoms with E-state index >= 15 is 0 Å². The molecule has 2 atom stereocenters. The lowest BCUT2D eigenvalue weighted by atomic mass is 9.73. The maximum Gasteiger partial charge on any atom is 0.325 e. The van der Waals surface area contributed by atoms with Gasteiger partial charge in [-0.1, -0.05) is 19.8 Å². The Morgan fingerprint density at radius 1 is 1.21 bits per heavy atom. The molecule has 176 valence electrons. The molecule has 0 aromatic carbocycles. The molecule has 2 saturated heterocycles. The number of aromatic nitrogens is 2. The van der Waals surface area contributed by atoms with Crippen LogP contribution in [0.2, 0.25) is 0 Å². The van der Waals surface area contributed by atoms with E-state index in [1.54, 1.807) is 17.2 Å². The first-order valence-electron chi connectivity index (χ1n) is 11.5. The molecular weight excluding hydrogens is 444 g/mol. The molecule has 33 heavy (non-hydrogen) atoms. The van der Waals surface area contributed by atoms with Gasteiger partial charge in [0.2, 0.25) is 5.91 Å². The van der Waals surface area contributed by atoms with Crippen LogP contribution in [0.3, 0.4) is 0 Å². The zero-order valence-corrected chi connectivity index (χ0v) is 19.5. The van der Waals surface area contributed by atoms with Gasteiger partial charge in [0.15, 0.2) is 4.96 Å². The summed E-state index contributed by atoms with van der Waals surface area (Å²) in [5.74, 6) is -0.399. The van der Waals surface area contributed by atoms with Crippen LogP contribution in [0, 0.1) is 5.92 Å². The number of imide groups is 1. The second-order valence-electron chi connectivity index (χ2n) is 9.24. The first kappa shape index (κ1) is 22.0. The summed E-state index contributed by atoms with van der Waals surface area (Å²) < 4.78 is 1.53. The SMILES string of the molecule is C[C@@H]1CCCC[C@@]12NC(=O)N(CC(=O)N1CCN(Cc3cc(=O)n4ccsc4n3)CC1)C2=O. The highest BCUT2D eigenvalue weighted by Gasteiger charge is 2.55. The van der Waals surface area contributed by atoms with Gasteiger partial charge < -0.3 is 10.2 Å². The maximum atomic E-state index is 13.1. The van der Waals surface area contributed by atoms with Crippen molar-refractivity contribution in [1.29, 1.82) is 0 Å². The highest BCUT2D eigenvalue weighted by molar-refractivity contribution is 7.15. The summed E-state index contributed by atoms with van der Waals surface area (Å²) in [6, 6.07) is 1.10. The van der Waals surface area contributed by atoms with Gasteiger partial charge in [-0.15, -0.1) is 11.3 Å². The minimum absolute atomic E-state index is 0.0707. The van der Waals surface area contributed by atoms with E-state index in [1.165, 1.54) is 15.7 Å². The summed E-state index contributed by atoms with van der Waals surface area (Å²) in [5.41, 5.74) is -0.221. The zero-order chi connectivity index (χ0) is 23.2. The molecule has 1 N–H and O–H groups in total. The van der Waals surface area contributed by atoms with Gasteiger partial charge in [0.25, 0.3) is 11.5 Å². The lowest BCUT2D eigenvalue weighted by molar-refractivity contribution is -0.141. The number of rotatable bonds is 4. The van der Waals surface area contributed by atoms with E-state index in [0.29, 0.717) is 49.8 Å². The number of thiazole rings is 1. The van der Waals surface area contributed by atoms with Crippen LogP contribution < -0.4 is 10.9 Å². The molecule has 2 aliphatic heterocycles. The van der Waals surface area contributed by atoms with Crippen LogP contribution >= 0.6 is 11.3 Å². The van der Waals surface area contributed by atoms with E-state index in [9.17, 15) is 19.2 Å². The summed E-state index contributed by atoms with van der Waals surface area (Å²) in [6.45, 7) is 4.61. The Labute approximate surface area is 195 Å². The molecule has 10 nitrogen and oxygen atoms in total. The third kappa shape index (κ3) is 3.93. The molecule has 2 aromatic rings. The van der Waals surface area contributed by atoms with Crippen molar-refractivity contribution < 1.29 is 14.4 Å². The van der Waals surface area contributed by atoms with Gasteiger partial charge in [-0.2, -0.15) is 0 Å². The summed E-state index contributed by atoms with van der Waals surface area (Å²) >= 11 is 1.42. The largest absolute Gasteiger partial charge is 0.339 e. The van der Waals surface area contributed by atoms with Crippen LogP contribution in [0.25, 0.3) is 4.96 Å². The summed E-state index contributed by atoms with van der Waals surface area (Å²) in [7, 11) is 0. The van der Waals surface area contributed by atoms with Gasteiger partial charge in [0.1, 0.15) is 12.1 Å². The number of urea groups is 1. The molecule has 0 radical (unpaired) electrons. The fourth-order valence-corrected chi connectivity index (χ4v) is 5.97. The Balaban J connectivity index is 1.17. The minimum atomic E-state index is -0.844. The molecule has 11 heteroatoms. The molecule has 3 aliphatic rings. The Hall–Kier alpha value is -2.79. The molecule has 0 bridgehead atoms. The smallest absolute Gasteiger partial charge is 0.325 e. The molecule has 3 fully saturated rings. The van der Waals surface area contributed by atoms with Gasteiger partial charge in [0, 0.05) is 50.4 Å². The van der Waals surface area contributed by atoms with Crippen molar-refractivity contribution in [3.8, 4) is 0 Å². The van der Waals surface area contributed by atoms with Gasteiger partial charge in [-0.05, 0) is 18.8 Å². The molecule has 1 aliphatic carbocycles. The van der Waals surface area contributed by atoms with Crippen LogP contribution in [-0.4, -0.2) is 80.2 Å². The predicted molar refractivity (Wildman–Crippen MR) is 122 cm³/mol. The Bertz CT molecular complexity index is 1150. The second kappa shape index (κ2) is 8.53. The maximum absolute atomic E-state index is 13.1. The normalized spacial score (nSPS) is 26.4. The molecular formula is C22H28N6O4S. The van der Waals surface area contributed by atoms with E-state index in [2.05, 4.69) is 15.2 Å². The Morgan fingerprint density at radius 3 is 2.76 bits per heavy atom. The molecule has 0 unspecified atom stereocenters.